The molecule has 3 aliphatic heterocycles. The predicted molar refractivity (Wildman–Crippen MR) is 172 cm³/mol. The van der Waals surface area contributed by atoms with E-state index in [-0.39, 0.29) is 11.5 Å². The normalized spacial score (nSPS) is 19.5. The number of nitrogens with two attached hydrogens (primary N) is 1. The Hall–Kier alpha value is -3.41. The minimum atomic E-state index is -3.40. The molecule has 9 nitrogen and oxygen atoms in total. The lowest BCUT2D eigenvalue weighted by molar-refractivity contribution is -0.113. The van der Waals surface area contributed by atoms with E-state index in [1.54, 1.807) is 12.1 Å². The van der Waals surface area contributed by atoms with E-state index in [0.717, 1.165) is 64.1 Å². The van der Waals surface area contributed by atoms with Gasteiger partial charge in [0.25, 0.3) is 5.91 Å². The van der Waals surface area contributed by atoms with Crippen LogP contribution in [0.3, 0.4) is 0 Å². The summed E-state index contributed by atoms with van der Waals surface area (Å²) in [5, 5.41) is 0.905. The Morgan fingerprint density at radius 3 is 2.66 bits per heavy atom. The Morgan fingerprint density at radius 2 is 1.91 bits per heavy atom. The molecule has 1 aliphatic carbocycles. The molecule has 5 heterocycles. The van der Waals surface area contributed by atoms with E-state index in [4.69, 9.17) is 19.9 Å². The van der Waals surface area contributed by atoms with Gasteiger partial charge >= 0.3 is 0 Å². The Kier molecular flexibility index (Phi) is 7.88. The molecule has 0 spiro atoms. The first kappa shape index (κ1) is 29.3. The zero-order chi connectivity index (χ0) is 30.4. The Labute approximate surface area is 261 Å². The quantitative estimate of drug-likeness (QED) is 0.404. The van der Waals surface area contributed by atoms with Gasteiger partial charge in [-0.3, -0.25) is 9.20 Å². The number of ether oxygens (including phenoxy) is 3. The molecule has 2 aromatic heterocycles. The van der Waals surface area contributed by atoms with Crippen LogP contribution in [-0.2, 0) is 30.7 Å². The van der Waals surface area contributed by atoms with Crippen LogP contribution in [-0.4, -0.2) is 57.9 Å². The summed E-state index contributed by atoms with van der Waals surface area (Å²) in [6, 6.07) is 9.39. The number of hydrogen-bond acceptors (Lipinski definition) is 8. The third-order valence-corrected chi connectivity index (χ3v) is 11.5. The first-order valence-electron chi connectivity index (χ1n) is 15.3. The van der Waals surface area contributed by atoms with Crippen LogP contribution < -0.4 is 20.7 Å². The van der Waals surface area contributed by atoms with Crippen molar-refractivity contribution in [3.05, 3.63) is 68.9 Å². The number of amides is 1. The zero-order valence-corrected chi connectivity index (χ0v) is 26.5. The number of hydrogen-bond donors (Lipinski definition) is 1. The molecule has 0 radical (unpaired) electrons. The molecule has 4 aliphatic rings. The monoisotopic (exact) mass is 635 g/mol. The minimum Gasteiger partial charge on any atom is -0.495 e. The van der Waals surface area contributed by atoms with Gasteiger partial charge < -0.3 is 24.8 Å². The summed E-state index contributed by atoms with van der Waals surface area (Å²) in [4.78, 5) is 16.4. The van der Waals surface area contributed by atoms with Crippen molar-refractivity contribution in [3.8, 4) is 5.88 Å². The fourth-order valence-electron chi connectivity index (χ4n) is 6.95. The number of allylic oxidation sites excluding steroid dienone is 1. The molecule has 1 saturated heterocycles. The van der Waals surface area contributed by atoms with Crippen molar-refractivity contribution < 1.29 is 27.4 Å². The number of fused-ring (bicyclic) bond motifs is 4. The number of carbonyl (C=O) groups excluding carboxylic acids is 1. The maximum atomic E-state index is 12.5. The molecule has 3 aromatic rings. The second-order valence-corrected chi connectivity index (χ2v) is 15.0. The van der Waals surface area contributed by atoms with Gasteiger partial charge in [-0.1, -0.05) is 37.1 Å². The molecular formula is C33H37N3O6S2. The average molecular weight is 636 g/mol. The summed E-state index contributed by atoms with van der Waals surface area (Å²) in [6.45, 7) is 3.34. The molecule has 2 N–H and O–H groups in total. The molecule has 1 saturated carbocycles. The standard InChI is InChI=1S/C33H37N3O6S2/c1-44(38,39)24-8-9-25(35-13-15-40-16-14-35)23(17-24)19-42-29-12-10-26-30(21-5-3-2-4-6-21)31-27(36(26)29)20-41-18-22-7-11-28(33(34)37)43-32(22)31/h8-12,17,20-21H,2-7,13-16,18-19H2,1H3,(H2,34,37). The van der Waals surface area contributed by atoms with Crippen molar-refractivity contribution in [2.45, 2.75) is 55.9 Å². The maximum absolute atomic E-state index is 12.5. The predicted octanol–water partition coefficient (Wildman–Crippen LogP) is 4.51. The summed E-state index contributed by atoms with van der Waals surface area (Å²) in [7, 11) is -3.40. The average Bonchev–Trinajstić information content (AvgIpc) is 3.52. The maximum Gasteiger partial charge on any atom is 0.255 e. The van der Waals surface area contributed by atoms with Gasteiger partial charge in [0.05, 0.1) is 33.9 Å². The SMILES string of the molecule is CS(=O)(=O)c1ccc(N2CCOCC2)c(COc2ccc3c(C4CCCCC4)c4c(n23)=COCC2=C4SC(C(N)=O)=CC2)c1. The molecule has 44 heavy (non-hydrogen) atoms. The summed E-state index contributed by atoms with van der Waals surface area (Å²) >= 11 is 1.45. The number of aromatic nitrogens is 1. The molecule has 232 valence electrons. The highest BCUT2D eigenvalue weighted by molar-refractivity contribution is 8.12. The Bertz CT molecular complexity index is 1850. The van der Waals surface area contributed by atoms with E-state index in [1.807, 2.05) is 24.5 Å². The van der Waals surface area contributed by atoms with Gasteiger partial charge in [0, 0.05) is 47.1 Å². The minimum absolute atomic E-state index is 0.193. The van der Waals surface area contributed by atoms with Gasteiger partial charge in [0.2, 0.25) is 0 Å². The third kappa shape index (κ3) is 5.39. The largest absolute Gasteiger partial charge is 0.495 e. The zero-order valence-electron chi connectivity index (χ0n) is 24.8. The lowest BCUT2D eigenvalue weighted by Crippen LogP contribution is -2.37. The van der Waals surface area contributed by atoms with Crippen LogP contribution >= 0.6 is 11.8 Å². The van der Waals surface area contributed by atoms with Crippen molar-refractivity contribution in [1.29, 1.82) is 0 Å². The third-order valence-electron chi connectivity index (χ3n) is 9.10. The number of primary amides is 1. The van der Waals surface area contributed by atoms with E-state index in [0.29, 0.717) is 42.9 Å². The first-order valence-corrected chi connectivity index (χ1v) is 18.0. The van der Waals surface area contributed by atoms with Gasteiger partial charge in [0.1, 0.15) is 19.5 Å². The van der Waals surface area contributed by atoms with E-state index < -0.39 is 15.7 Å². The number of anilines is 1. The Morgan fingerprint density at radius 1 is 1.11 bits per heavy atom. The smallest absolute Gasteiger partial charge is 0.255 e. The van der Waals surface area contributed by atoms with E-state index in [9.17, 15) is 13.2 Å². The van der Waals surface area contributed by atoms with Gasteiger partial charge in [0.15, 0.2) is 15.7 Å². The van der Waals surface area contributed by atoms with Crippen LogP contribution in [0.1, 0.15) is 61.1 Å². The summed E-state index contributed by atoms with van der Waals surface area (Å²) in [5.74, 6) is 0.637. The Balaban J connectivity index is 1.32. The summed E-state index contributed by atoms with van der Waals surface area (Å²) in [5.41, 5.74) is 12.1. The molecule has 1 aromatic carbocycles. The molecule has 2 fully saturated rings. The lowest BCUT2D eigenvalue weighted by atomic mass is 9.82. The first-order chi connectivity index (χ1) is 21.3. The highest BCUT2D eigenvalue weighted by Crippen LogP contribution is 2.47. The van der Waals surface area contributed by atoms with Crippen molar-refractivity contribution >= 4 is 49.9 Å². The van der Waals surface area contributed by atoms with Crippen LogP contribution in [0.15, 0.2) is 51.8 Å². The fraction of sp³-hybridized carbons (Fsp3) is 0.424. The molecule has 7 rings (SSSR count). The fourth-order valence-corrected chi connectivity index (χ4v) is 8.71. The van der Waals surface area contributed by atoms with Crippen LogP contribution in [0.25, 0.3) is 16.7 Å². The highest BCUT2D eigenvalue weighted by atomic mass is 32.2. The van der Waals surface area contributed by atoms with E-state index >= 15 is 0 Å². The number of benzene rings is 1. The molecular weight excluding hydrogens is 599 g/mol. The van der Waals surface area contributed by atoms with Gasteiger partial charge in [-0.2, -0.15) is 0 Å². The van der Waals surface area contributed by atoms with Crippen molar-refractivity contribution in [2.24, 2.45) is 5.73 Å². The molecule has 0 atom stereocenters. The van der Waals surface area contributed by atoms with Gasteiger partial charge in [-0.05, 0) is 60.6 Å². The lowest BCUT2D eigenvalue weighted by Gasteiger charge is -2.30. The summed E-state index contributed by atoms with van der Waals surface area (Å²) < 4.78 is 45.3. The second-order valence-electron chi connectivity index (χ2n) is 12.0. The van der Waals surface area contributed by atoms with Crippen molar-refractivity contribution in [2.75, 3.05) is 44.1 Å². The molecule has 0 bridgehead atoms. The van der Waals surface area contributed by atoms with Crippen LogP contribution in [0.4, 0.5) is 5.69 Å². The van der Waals surface area contributed by atoms with E-state index in [1.165, 1.54) is 42.8 Å². The van der Waals surface area contributed by atoms with Crippen LogP contribution in [0.5, 0.6) is 5.88 Å². The summed E-state index contributed by atoms with van der Waals surface area (Å²) in [6.07, 6.45) is 11.4. The van der Waals surface area contributed by atoms with Gasteiger partial charge in [-0.15, -0.1) is 0 Å². The van der Waals surface area contributed by atoms with Crippen LogP contribution in [0, 0.1) is 0 Å². The number of morpholine rings is 1. The van der Waals surface area contributed by atoms with Crippen LogP contribution in [0.2, 0.25) is 0 Å². The molecule has 1 amide bonds. The topological polar surface area (TPSA) is 113 Å². The molecule has 11 heteroatoms. The second kappa shape index (κ2) is 11.8. The number of thioether (sulfide) groups is 1. The van der Waals surface area contributed by atoms with Crippen molar-refractivity contribution in [3.63, 3.8) is 0 Å². The highest BCUT2D eigenvalue weighted by Gasteiger charge is 2.32. The number of nitrogens with zero attached hydrogens (tertiary/aromatic N) is 2. The number of carbonyl (C=O) groups is 1. The number of sulfone groups is 1. The molecule has 0 unspecified atom stereocenters. The van der Waals surface area contributed by atoms with E-state index in [2.05, 4.69) is 15.4 Å². The van der Waals surface area contributed by atoms with Crippen molar-refractivity contribution in [1.82, 2.24) is 4.40 Å². The number of rotatable bonds is 7. The van der Waals surface area contributed by atoms with Gasteiger partial charge in [-0.25, -0.2) is 8.42 Å².